The quantitative estimate of drug-likeness (QED) is 0.496. The lowest BCUT2D eigenvalue weighted by Gasteiger charge is -2.59. The summed E-state index contributed by atoms with van der Waals surface area (Å²) in [7, 11) is 0. The second-order valence-electron chi connectivity index (χ2n) is 12.4. The molecular formula is C30H40N2O7. The Balaban J connectivity index is 2.00. The Morgan fingerprint density at radius 2 is 1.67 bits per heavy atom. The number of fused-ring (bicyclic) bond motifs is 1. The number of nitrogens with zero attached hydrogens (tertiary/aromatic N) is 2. The van der Waals surface area contributed by atoms with E-state index in [0.717, 1.165) is 5.56 Å². The lowest BCUT2D eigenvalue weighted by Crippen LogP contribution is -2.68. The highest BCUT2D eigenvalue weighted by Crippen LogP contribution is 2.57. The van der Waals surface area contributed by atoms with Crippen LogP contribution in [0.15, 0.2) is 47.4 Å². The summed E-state index contributed by atoms with van der Waals surface area (Å²) in [6.07, 6.45) is 1.13. The smallest absolute Gasteiger partial charge is 0.429 e. The van der Waals surface area contributed by atoms with E-state index in [1.165, 1.54) is 13.0 Å². The van der Waals surface area contributed by atoms with Crippen molar-refractivity contribution in [2.75, 3.05) is 18.2 Å². The molecule has 4 rings (SSSR count). The molecule has 1 spiro atoms. The van der Waals surface area contributed by atoms with Crippen molar-refractivity contribution < 1.29 is 28.5 Å². The van der Waals surface area contributed by atoms with Crippen molar-refractivity contribution in [2.24, 2.45) is 10.8 Å². The molecule has 2 aliphatic rings. The predicted octanol–water partition coefficient (Wildman–Crippen LogP) is 5.13. The topological polar surface area (TPSA) is 96.3 Å². The first-order valence-corrected chi connectivity index (χ1v) is 13.4. The minimum Gasteiger partial charge on any atom is -0.483 e. The molecule has 212 valence electrons. The SMILES string of the molecule is CC(=O)OC1c2c(OCc3ccccc3)c(=O)ccn2N(C(=O)OC(C)(C)C)C(C(C)(C)C)C12CCOCC2. The Hall–Kier alpha value is -3.33. The molecule has 1 fully saturated rings. The van der Waals surface area contributed by atoms with E-state index >= 15 is 0 Å². The van der Waals surface area contributed by atoms with E-state index in [0.29, 0.717) is 31.7 Å². The maximum atomic E-state index is 14.0. The fourth-order valence-electron chi connectivity index (χ4n) is 5.97. The third-order valence-electron chi connectivity index (χ3n) is 7.20. The zero-order valence-corrected chi connectivity index (χ0v) is 24.0. The fraction of sp³-hybridized carbons (Fsp3) is 0.567. The molecule has 2 atom stereocenters. The first kappa shape index (κ1) is 28.7. The van der Waals surface area contributed by atoms with E-state index in [1.807, 2.05) is 51.1 Å². The molecule has 0 saturated carbocycles. The van der Waals surface area contributed by atoms with Crippen LogP contribution in [0.1, 0.15) is 78.7 Å². The summed E-state index contributed by atoms with van der Waals surface area (Å²) in [5.74, 6) is -0.444. The van der Waals surface area contributed by atoms with Gasteiger partial charge in [0.25, 0.3) is 0 Å². The van der Waals surface area contributed by atoms with Crippen LogP contribution in [0, 0.1) is 10.8 Å². The van der Waals surface area contributed by atoms with Gasteiger partial charge in [0.15, 0.2) is 11.9 Å². The van der Waals surface area contributed by atoms with Crippen molar-refractivity contribution in [1.82, 2.24) is 4.68 Å². The van der Waals surface area contributed by atoms with Crippen LogP contribution in [0.25, 0.3) is 0 Å². The summed E-state index contributed by atoms with van der Waals surface area (Å²) in [5, 5.41) is 1.58. The molecule has 2 unspecified atom stereocenters. The molecule has 1 aromatic heterocycles. The largest absolute Gasteiger partial charge is 0.483 e. The van der Waals surface area contributed by atoms with Gasteiger partial charge in [-0.2, -0.15) is 0 Å². The summed E-state index contributed by atoms with van der Waals surface area (Å²) < 4.78 is 25.6. The highest BCUT2D eigenvalue weighted by atomic mass is 16.6. The van der Waals surface area contributed by atoms with Crippen molar-refractivity contribution in [2.45, 2.75) is 85.7 Å². The van der Waals surface area contributed by atoms with Crippen LogP contribution in [-0.2, 0) is 25.6 Å². The Kier molecular flexibility index (Phi) is 7.85. The average molecular weight is 541 g/mol. The van der Waals surface area contributed by atoms with Gasteiger partial charge in [-0.25, -0.2) is 9.80 Å². The number of rotatable bonds is 4. The van der Waals surface area contributed by atoms with E-state index in [-0.39, 0.29) is 17.8 Å². The summed E-state index contributed by atoms with van der Waals surface area (Å²) in [6, 6.07) is 10.4. The Labute approximate surface area is 230 Å². The summed E-state index contributed by atoms with van der Waals surface area (Å²) in [5.41, 5.74) is -1.18. The van der Waals surface area contributed by atoms with Crippen LogP contribution in [0.3, 0.4) is 0 Å². The molecule has 0 radical (unpaired) electrons. The Morgan fingerprint density at radius 1 is 1.03 bits per heavy atom. The minimum absolute atomic E-state index is 0.0411. The van der Waals surface area contributed by atoms with Gasteiger partial charge in [-0.1, -0.05) is 51.1 Å². The van der Waals surface area contributed by atoms with Gasteiger partial charge in [0.2, 0.25) is 5.43 Å². The lowest BCUT2D eigenvalue weighted by molar-refractivity contribution is -0.172. The lowest BCUT2D eigenvalue weighted by atomic mass is 9.60. The molecule has 0 aliphatic carbocycles. The molecule has 1 saturated heterocycles. The number of esters is 1. The number of amides is 1. The van der Waals surface area contributed by atoms with Gasteiger partial charge >= 0.3 is 12.1 Å². The monoisotopic (exact) mass is 540 g/mol. The molecule has 2 aromatic rings. The zero-order chi connectivity index (χ0) is 28.6. The summed E-state index contributed by atoms with van der Waals surface area (Å²) >= 11 is 0. The van der Waals surface area contributed by atoms with Gasteiger partial charge in [-0.05, 0) is 44.6 Å². The molecule has 0 bridgehead atoms. The van der Waals surface area contributed by atoms with E-state index in [9.17, 15) is 14.4 Å². The molecule has 1 aromatic carbocycles. The number of aromatic nitrogens is 1. The Bertz CT molecular complexity index is 1250. The summed E-state index contributed by atoms with van der Waals surface area (Å²) in [4.78, 5) is 39.9. The van der Waals surface area contributed by atoms with E-state index in [2.05, 4.69) is 20.8 Å². The van der Waals surface area contributed by atoms with Crippen molar-refractivity contribution in [3.63, 3.8) is 0 Å². The average Bonchev–Trinajstić information content (AvgIpc) is 2.84. The van der Waals surface area contributed by atoms with E-state index < -0.39 is 40.6 Å². The van der Waals surface area contributed by atoms with Crippen molar-refractivity contribution in [1.29, 1.82) is 0 Å². The van der Waals surface area contributed by atoms with Gasteiger partial charge < -0.3 is 18.9 Å². The molecule has 9 nitrogen and oxygen atoms in total. The van der Waals surface area contributed by atoms with Gasteiger partial charge in [0.1, 0.15) is 17.9 Å². The zero-order valence-electron chi connectivity index (χ0n) is 24.0. The van der Waals surface area contributed by atoms with E-state index in [1.54, 1.807) is 15.9 Å². The van der Waals surface area contributed by atoms with Crippen molar-refractivity contribution >= 4 is 12.1 Å². The highest BCUT2D eigenvalue weighted by molar-refractivity contribution is 5.81. The third kappa shape index (κ3) is 5.83. The molecule has 2 aliphatic heterocycles. The fourth-order valence-corrected chi connectivity index (χ4v) is 5.97. The first-order chi connectivity index (χ1) is 18.2. The van der Waals surface area contributed by atoms with Gasteiger partial charge in [0, 0.05) is 37.8 Å². The first-order valence-electron chi connectivity index (χ1n) is 13.4. The molecule has 1 amide bonds. The van der Waals surface area contributed by atoms with Crippen LogP contribution in [-0.4, -0.2) is 41.6 Å². The number of benzene rings is 1. The van der Waals surface area contributed by atoms with Gasteiger partial charge in [0.05, 0.1) is 6.04 Å². The second kappa shape index (κ2) is 10.7. The molecule has 9 heteroatoms. The van der Waals surface area contributed by atoms with Gasteiger partial charge in [-0.15, -0.1) is 0 Å². The van der Waals surface area contributed by atoms with E-state index in [4.69, 9.17) is 18.9 Å². The Morgan fingerprint density at radius 3 is 2.23 bits per heavy atom. The van der Waals surface area contributed by atoms with Crippen LogP contribution >= 0.6 is 0 Å². The van der Waals surface area contributed by atoms with Crippen molar-refractivity contribution in [3.05, 3.63) is 64.1 Å². The standard InChI is InChI=1S/C30H40N2O7/c1-20(33)38-25-23-24(37-19-21-11-9-8-10-12-21)22(34)13-16-31(23)32(27(35)39-29(5,6)7)26(28(2,3)4)30(25)14-17-36-18-15-30/h8-13,16,25-26H,14-15,17-19H2,1-7H3. The molecule has 0 N–H and O–H groups in total. The number of hydrogen-bond donors (Lipinski definition) is 0. The maximum absolute atomic E-state index is 14.0. The van der Waals surface area contributed by atoms with Crippen LogP contribution in [0.5, 0.6) is 5.75 Å². The third-order valence-corrected chi connectivity index (χ3v) is 7.20. The minimum atomic E-state index is -0.860. The normalized spacial score (nSPS) is 20.7. The number of carbonyl (C=O) groups is 2. The van der Waals surface area contributed by atoms with Crippen molar-refractivity contribution in [3.8, 4) is 5.75 Å². The number of pyridine rings is 1. The number of hydrogen-bond acceptors (Lipinski definition) is 7. The van der Waals surface area contributed by atoms with Crippen LogP contribution < -0.4 is 15.2 Å². The molecule has 3 heterocycles. The highest BCUT2D eigenvalue weighted by Gasteiger charge is 2.61. The van der Waals surface area contributed by atoms with Gasteiger partial charge in [-0.3, -0.25) is 14.3 Å². The molecule has 39 heavy (non-hydrogen) atoms. The maximum Gasteiger partial charge on any atom is 0.429 e. The number of ether oxygens (including phenoxy) is 4. The number of carbonyl (C=O) groups excluding carboxylic acids is 2. The molecular weight excluding hydrogens is 500 g/mol. The predicted molar refractivity (Wildman–Crippen MR) is 146 cm³/mol. The van der Waals surface area contributed by atoms with Crippen LogP contribution in [0.4, 0.5) is 4.79 Å². The van der Waals surface area contributed by atoms with Crippen LogP contribution in [0.2, 0.25) is 0 Å². The second-order valence-corrected chi connectivity index (χ2v) is 12.4. The summed E-state index contributed by atoms with van der Waals surface area (Å²) in [6.45, 7) is 13.9.